The number of fused-ring (bicyclic) bond motifs is 1. The predicted molar refractivity (Wildman–Crippen MR) is 87.9 cm³/mol. The van der Waals surface area contributed by atoms with Gasteiger partial charge < -0.3 is 15.4 Å². The molecule has 8 heteroatoms. The van der Waals surface area contributed by atoms with Gasteiger partial charge in [-0.15, -0.1) is 0 Å². The van der Waals surface area contributed by atoms with E-state index in [-0.39, 0.29) is 30.9 Å². The standard InChI is InChI=1S/C17H15F3N4O/c18-13-7-11(21)1-2-15(13)25-16-8-12(9-24-14(16)3-5-22-24)23-6-4-17(19,20)10-23/h1-3,5,7-9H,4,6,10,21H2. The fraction of sp³-hybridized carbons (Fsp3) is 0.235. The largest absolute Gasteiger partial charge is 0.452 e. The van der Waals surface area contributed by atoms with Gasteiger partial charge in [-0.2, -0.15) is 5.10 Å². The van der Waals surface area contributed by atoms with Crippen molar-refractivity contribution in [2.45, 2.75) is 12.3 Å². The van der Waals surface area contributed by atoms with Gasteiger partial charge in [-0.1, -0.05) is 0 Å². The van der Waals surface area contributed by atoms with Gasteiger partial charge in [0.15, 0.2) is 17.3 Å². The van der Waals surface area contributed by atoms with Gasteiger partial charge in [0.05, 0.1) is 24.6 Å². The highest BCUT2D eigenvalue weighted by Crippen LogP contribution is 2.36. The molecule has 25 heavy (non-hydrogen) atoms. The minimum atomic E-state index is -2.72. The Kier molecular flexibility index (Phi) is 3.48. The number of aromatic nitrogens is 2. The Labute approximate surface area is 141 Å². The molecule has 0 bridgehead atoms. The first-order valence-corrected chi connectivity index (χ1v) is 7.74. The van der Waals surface area contributed by atoms with E-state index in [2.05, 4.69) is 5.10 Å². The molecule has 0 unspecified atom stereocenters. The van der Waals surface area contributed by atoms with Gasteiger partial charge in [0, 0.05) is 30.8 Å². The minimum absolute atomic E-state index is 0.00111. The molecule has 130 valence electrons. The van der Waals surface area contributed by atoms with Crippen molar-refractivity contribution in [2.75, 3.05) is 23.7 Å². The molecule has 3 heterocycles. The van der Waals surface area contributed by atoms with Crippen molar-refractivity contribution in [3.8, 4) is 11.5 Å². The van der Waals surface area contributed by atoms with Gasteiger partial charge in [-0.05, 0) is 18.2 Å². The predicted octanol–water partition coefficient (Wildman–Crippen LogP) is 3.69. The van der Waals surface area contributed by atoms with Gasteiger partial charge in [0.2, 0.25) is 0 Å². The number of rotatable bonds is 3. The average Bonchev–Trinajstić information content (AvgIpc) is 3.16. The molecule has 0 saturated carbocycles. The summed E-state index contributed by atoms with van der Waals surface area (Å²) in [4.78, 5) is 1.56. The van der Waals surface area contributed by atoms with Crippen LogP contribution in [-0.4, -0.2) is 28.6 Å². The number of ether oxygens (including phenoxy) is 1. The Bertz CT molecular complexity index is 941. The Morgan fingerprint density at radius 1 is 1.16 bits per heavy atom. The third kappa shape index (κ3) is 2.95. The molecule has 3 aromatic rings. The summed E-state index contributed by atoms with van der Waals surface area (Å²) in [5.74, 6) is -2.99. The Balaban J connectivity index is 1.74. The first-order chi connectivity index (χ1) is 11.9. The molecule has 0 spiro atoms. The van der Waals surface area contributed by atoms with Crippen LogP contribution in [-0.2, 0) is 0 Å². The third-order valence-corrected chi connectivity index (χ3v) is 4.17. The van der Waals surface area contributed by atoms with Crippen molar-refractivity contribution in [2.24, 2.45) is 0 Å². The summed E-state index contributed by atoms with van der Waals surface area (Å²) < 4.78 is 48.3. The van der Waals surface area contributed by atoms with Gasteiger partial charge in [0.25, 0.3) is 5.92 Å². The lowest BCUT2D eigenvalue weighted by Crippen LogP contribution is -2.25. The molecular weight excluding hydrogens is 333 g/mol. The zero-order valence-electron chi connectivity index (χ0n) is 13.1. The zero-order valence-corrected chi connectivity index (χ0v) is 13.1. The molecular formula is C17H15F3N4O. The van der Waals surface area contributed by atoms with E-state index in [4.69, 9.17) is 10.5 Å². The molecule has 0 amide bonds. The molecule has 2 aromatic heterocycles. The van der Waals surface area contributed by atoms with Crippen LogP contribution in [0.5, 0.6) is 11.5 Å². The molecule has 0 radical (unpaired) electrons. The second-order valence-electron chi connectivity index (χ2n) is 6.04. The molecule has 1 fully saturated rings. The number of hydrogen-bond donors (Lipinski definition) is 1. The first kappa shape index (κ1) is 15.6. The molecule has 4 rings (SSSR count). The van der Waals surface area contributed by atoms with Crippen molar-refractivity contribution in [1.82, 2.24) is 9.61 Å². The minimum Gasteiger partial charge on any atom is -0.452 e. The fourth-order valence-electron chi connectivity index (χ4n) is 2.91. The van der Waals surface area contributed by atoms with Crippen LogP contribution in [0.1, 0.15) is 6.42 Å². The lowest BCUT2D eigenvalue weighted by atomic mass is 10.3. The highest BCUT2D eigenvalue weighted by molar-refractivity contribution is 5.66. The number of pyridine rings is 1. The summed E-state index contributed by atoms with van der Waals surface area (Å²) in [5, 5.41) is 4.13. The highest BCUT2D eigenvalue weighted by Gasteiger charge is 2.38. The summed E-state index contributed by atoms with van der Waals surface area (Å²) in [5.41, 5.74) is 6.97. The van der Waals surface area contributed by atoms with Crippen LogP contribution in [0.3, 0.4) is 0 Å². The van der Waals surface area contributed by atoms with E-state index in [1.54, 1.807) is 29.4 Å². The van der Waals surface area contributed by atoms with E-state index in [0.29, 0.717) is 17.0 Å². The van der Waals surface area contributed by atoms with E-state index in [9.17, 15) is 13.2 Å². The first-order valence-electron chi connectivity index (χ1n) is 7.74. The molecule has 0 atom stereocenters. The quantitative estimate of drug-likeness (QED) is 0.734. The van der Waals surface area contributed by atoms with Gasteiger partial charge in [-0.25, -0.2) is 17.7 Å². The fourth-order valence-corrected chi connectivity index (χ4v) is 2.91. The lowest BCUT2D eigenvalue weighted by Gasteiger charge is -2.19. The third-order valence-electron chi connectivity index (χ3n) is 4.17. The molecule has 1 saturated heterocycles. The smallest absolute Gasteiger partial charge is 0.266 e. The maximum atomic E-state index is 14.0. The number of benzene rings is 1. The summed E-state index contributed by atoms with van der Waals surface area (Å²) in [6.07, 6.45) is 3.01. The van der Waals surface area contributed by atoms with Crippen molar-refractivity contribution in [1.29, 1.82) is 0 Å². The number of halogens is 3. The molecule has 1 aliphatic rings. The maximum absolute atomic E-state index is 14.0. The number of nitrogens with two attached hydrogens (primary N) is 1. The Morgan fingerprint density at radius 3 is 2.72 bits per heavy atom. The van der Waals surface area contributed by atoms with Crippen LogP contribution in [0.15, 0.2) is 42.7 Å². The SMILES string of the molecule is Nc1ccc(Oc2cc(N3CCC(F)(F)C3)cn3nccc23)c(F)c1. The Hall–Kier alpha value is -2.90. The van der Waals surface area contributed by atoms with Crippen molar-refractivity contribution in [3.05, 3.63) is 48.5 Å². The van der Waals surface area contributed by atoms with E-state index in [0.717, 1.165) is 6.07 Å². The normalized spacial score (nSPS) is 16.5. The number of anilines is 2. The zero-order chi connectivity index (χ0) is 17.6. The van der Waals surface area contributed by atoms with E-state index in [1.165, 1.54) is 16.6 Å². The van der Waals surface area contributed by atoms with Crippen LogP contribution in [0, 0.1) is 5.82 Å². The topological polar surface area (TPSA) is 55.8 Å². The molecule has 5 nitrogen and oxygen atoms in total. The van der Waals surface area contributed by atoms with Crippen molar-refractivity contribution < 1.29 is 17.9 Å². The van der Waals surface area contributed by atoms with E-state index >= 15 is 0 Å². The lowest BCUT2D eigenvalue weighted by molar-refractivity contribution is 0.0257. The van der Waals surface area contributed by atoms with Crippen LogP contribution >= 0.6 is 0 Å². The average molecular weight is 348 g/mol. The molecule has 0 aliphatic carbocycles. The monoisotopic (exact) mass is 348 g/mol. The second-order valence-corrected chi connectivity index (χ2v) is 6.04. The summed E-state index contributed by atoms with van der Waals surface area (Å²) in [7, 11) is 0. The van der Waals surface area contributed by atoms with E-state index < -0.39 is 11.7 Å². The van der Waals surface area contributed by atoms with Gasteiger partial charge >= 0.3 is 0 Å². The van der Waals surface area contributed by atoms with Gasteiger partial charge in [-0.3, -0.25) is 0 Å². The number of nitrogen functional groups attached to an aromatic ring is 1. The van der Waals surface area contributed by atoms with E-state index in [1.807, 2.05) is 0 Å². The van der Waals surface area contributed by atoms with Gasteiger partial charge in [0.1, 0.15) is 5.52 Å². The number of nitrogens with zero attached hydrogens (tertiary/aromatic N) is 3. The molecule has 2 N–H and O–H groups in total. The number of alkyl halides is 2. The van der Waals surface area contributed by atoms with Crippen molar-refractivity contribution >= 4 is 16.9 Å². The Morgan fingerprint density at radius 2 is 2.00 bits per heavy atom. The summed E-state index contributed by atoms with van der Waals surface area (Å²) in [6, 6.07) is 7.43. The van der Waals surface area contributed by atoms with Crippen molar-refractivity contribution in [3.63, 3.8) is 0 Å². The second kappa shape index (κ2) is 5.58. The van der Waals surface area contributed by atoms with Crippen LogP contribution < -0.4 is 15.4 Å². The summed E-state index contributed by atoms with van der Waals surface area (Å²) in [6.45, 7) is -0.134. The summed E-state index contributed by atoms with van der Waals surface area (Å²) >= 11 is 0. The molecule has 1 aromatic carbocycles. The maximum Gasteiger partial charge on any atom is 0.266 e. The molecule has 1 aliphatic heterocycles. The number of hydrogen-bond acceptors (Lipinski definition) is 4. The highest BCUT2D eigenvalue weighted by atomic mass is 19.3. The van der Waals surface area contributed by atoms with Crippen LogP contribution in [0.4, 0.5) is 24.5 Å². The van der Waals surface area contributed by atoms with Crippen LogP contribution in [0.2, 0.25) is 0 Å². The van der Waals surface area contributed by atoms with Crippen LogP contribution in [0.25, 0.3) is 5.52 Å².